The Morgan fingerprint density at radius 3 is 2.27 bits per heavy atom. The number of rotatable bonds is 10. The van der Waals surface area contributed by atoms with E-state index in [4.69, 9.17) is 4.74 Å². The van der Waals surface area contributed by atoms with Crippen molar-refractivity contribution in [3.8, 4) is 0 Å². The van der Waals surface area contributed by atoms with Crippen molar-refractivity contribution in [1.82, 2.24) is 15.5 Å². The lowest BCUT2D eigenvalue weighted by Gasteiger charge is -2.34. The van der Waals surface area contributed by atoms with E-state index in [9.17, 15) is 14.4 Å². The number of nitrogens with zero attached hydrogens (tertiary/aromatic N) is 1. The van der Waals surface area contributed by atoms with Gasteiger partial charge in [-0.3, -0.25) is 9.59 Å². The van der Waals surface area contributed by atoms with Crippen molar-refractivity contribution in [1.29, 1.82) is 0 Å². The number of likely N-dealkylation sites (N-methyl/N-ethyl adjacent to an activating group) is 1. The van der Waals surface area contributed by atoms with Crippen molar-refractivity contribution in [3.63, 3.8) is 0 Å². The number of aryl methyl sites for hydroxylation is 1. The van der Waals surface area contributed by atoms with Gasteiger partial charge in [-0.15, -0.1) is 0 Å². The standard InChI is InChI=1S/C25H41N3O4S/c1-9-12-17(4)26-22(29)21(19-14-11-13-16(3)18(19)5)28(10-2)23(30)20(15-33)27-24(31)32-25(6,7)8/h11,13-14,17,20-21,33H,9-10,12,15H2,1-8H3,(H,26,29)(H,27,31). The molecule has 0 aliphatic rings. The summed E-state index contributed by atoms with van der Waals surface area (Å²) in [6.07, 6.45) is 1.08. The van der Waals surface area contributed by atoms with E-state index in [-0.39, 0.29) is 30.2 Å². The smallest absolute Gasteiger partial charge is 0.408 e. The van der Waals surface area contributed by atoms with Crippen LogP contribution < -0.4 is 10.6 Å². The lowest BCUT2D eigenvalue weighted by atomic mass is 9.95. The third-order valence-corrected chi connectivity index (χ3v) is 5.77. The van der Waals surface area contributed by atoms with E-state index >= 15 is 0 Å². The molecular formula is C25H41N3O4S. The van der Waals surface area contributed by atoms with Crippen molar-refractivity contribution < 1.29 is 19.1 Å². The van der Waals surface area contributed by atoms with Crippen LogP contribution in [0.4, 0.5) is 4.79 Å². The molecule has 3 atom stereocenters. The largest absolute Gasteiger partial charge is 0.444 e. The zero-order valence-electron chi connectivity index (χ0n) is 21.3. The number of nitrogens with one attached hydrogen (secondary N) is 2. The maximum Gasteiger partial charge on any atom is 0.408 e. The fourth-order valence-corrected chi connectivity index (χ4v) is 3.90. The van der Waals surface area contributed by atoms with E-state index in [1.165, 1.54) is 4.90 Å². The van der Waals surface area contributed by atoms with E-state index < -0.39 is 23.8 Å². The van der Waals surface area contributed by atoms with Gasteiger partial charge in [-0.1, -0.05) is 31.5 Å². The minimum atomic E-state index is -0.934. The molecule has 7 nitrogen and oxygen atoms in total. The van der Waals surface area contributed by atoms with Gasteiger partial charge in [-0.25, -0.2) is 4.79 Å². The Morgan fingerprint density at radius 1 is 1.12 bits per heavy atom. The molecule has 186 valence electrons. The van der Waals surface area contributed by atoms with E-state index in [1.807, 2.05) is 45.9 Å². The second-order valence-electron chi connectivity index (χ2n) is 9.40. The SMILES string of the molecule is CCCC(C)NC(=O)C(c1cccc(C)c1C)N(CC)C(=O)C(CS)NC(=O)OC(C)(C)C. The van der Waals surface area contributed by atoms with Gasteiger partial charge in [0.05, 0.1) is 0 Å². The highest BCUT2D eigenvalue weighted by Gasteiger charge is 2.36. The van der Waals surface area contributed by atoms with E-state index in [2.05, 4.69) is 30.2 Å². The van der Waals surface area contributed by atoms with Crippen molar-refractivity contribution in [2.45, 2.75) is 92.0 Å². The first-order valence-electron chi connectivity index (χ1n) is 11.6. The molecule has 3 unspecified atom stereocenters. The maximum absolute atomic E-state index is 13.6. The molecule has 0 saturated heterocycles. The summed E-state index contributed by atoms with van der Waals surface area (Å²) in [5.41, 5.74) is 2.05. The molecule has 1 aromatic carbocycles. The van der Waals surface area contributed by atoms with Crippen LogP contribution in [0.5, 0.6) is 0 Å². The van der Waals surface area contributed by atoms with Crippen molar-refractivity contribution in [2.24, 2.45) is 0 Å². The highest BCUT2D eigenvalue weighted by molar-refractivity contribution is 7.80. The van der Waals surface area contributed by atoms with Gasteiger partial charge in [-0.05, 0) is 71.6 Å². The number of carbonyl (C=O) groups is 3. The first-order chi connectivity index (χ1) is 15.4. The van der Waals surface area contributed by atoms with Gasteiger partial charge < -0.3 is 20.3 Å². The summed E-state index contributed by atoms with van der Waals surface area (Å²) in [6.45, 7) is 15.3. The fourth-order valence-electron chi connectivity index (χ4n) is 3.65. The Kier molecular flexibility index (Phi) is 11.2. The van der Waals surface area contributed by atoms with Gasteiger partial charge in [0, 0.05) is 18.3 Å². The summed E-state index contributed by atoms with van der Waals surface area (Å²) >= 11 is 4.28. The van der Waals surface area contributed by atoms with Gasteiger partial charge in [0.2, 0.25) is 11.8 Å². The zero-order valence-corrected chi connectivity index (χ0v) is 22.2. The normalized spacial score (nSPS) is 14.1. The van der Waals surface area contributed by atoms with Crippen LogP contribution in [0.1, 0.15) is 77.1 Å². The van der Waals surface area contributed by atoms with Crippen LogP contribution in [0.15, 0.2) is 18.2 Å². The van der Waals surface area contributed by atoms with E-state index in [0.29, 0.717) is 0 Å². The molecule has 2 N–H and O–H groups in total. The monoisotopic (exact) mass is 479 g/mol. The molecule has 1 rings (SSSR count). The minimum absolute atomic E-state index is 0.0236. The van der Waals surface area contributed by atoms with E-state index in [1.54, 1.807) is 20.8 Å². The van der Waals surface area contributed by atoms with Gasteiger partial charge in [0.15, 0.2) is 0 Å². The first kappa shape index (κ1) is 28.8. The number of hydrogen-bond acceptors (Lipinski definition) is 5. The number of carbonyl (C=O) groups excluding carboxylic acids is 3. The van der Waals surface area contributed by atoms with Crippen molar-refractivity contribution >= 4 is 30.5 Å². The van der Waals surface area contributed by atoms with Crippen LogP contribution >= 0.6 is 12.6 Å². The summed E-state index contributed by atoms with van der Waals surface area (Å²) in [7, 11) is 0. The lowest BCUT2D eigenvalue weighted by Crippen LogP contribution is -2.54. The van der Waals surface area contributed by atoms with Crippen molar-refractivity contribution in [2.75, 3.05) is 12.3 Å². The van der Waals surface area contributed by atoms with Crippen LogP contribution in [0.2, 0.25) is 0 Å². The summed E-state index contributed by atoms with van der Waals surface area (Å²) < 4.78 is 5.31. The second-order valence-corrected chi connectivity index (χ2v) is 9.76. The van der Waals surface area contributed by atoms with Gasteiger partial charge in [-0.2, -0.15) is 12.6 Å². The molecule has 8 heteroatoms. The molecule has 0 heterocycles. The second kappa shape index (κ2) is 12.9. The molecule has 3 amide bonds. The predicted octanol–water partition coefficient (Wildman–Crippen LogP) is 4.32. The van der Waals surface area contributed by atoms with E-state index in [0.717, 1.165) is 29.5 Å². The summed E-state index contributed by atoms with van der Waals surface area (Å²) in [4.78, 5) is 40.9. The number of benzene rings is 1. The summed E-state index contributed by atoms with van der Waals surface area (Å²) in [5.74, 6) is -0.556. The van der Waals surface area contributed by atoms with Crippen LogP contribution in [0.3, 0.4) is 0 Å². The van der Waals surface area contributed by atoms with Gasteiger partial charge in [0.25, 0.3) is 0 Å². The predicted molar refractivity (Wildman–Crippen MR) is 136 cm³/mol. The summed E-state index contributed by atoms with van der Waals surface area (Å²) in [5, 5.41) is 5.67. The molecule has 0 fully saturated rings. The molecule has 1 aromatic rings. The molecule has 0 saturated carbocycles. The third kappa shape index (κ3) is 8.57. The molecule has 33 heavy (non-hydrogen) atoms. The Balaban J connectivity index is 3.34. The molecule has 0 aliphatic carbocycles. The fraction of sp³-hybridized carbons (Fsp3) is 0.640. The third-order valence-electron chi connectivity index (χ3n) is 5.41. The number of amides is 3. The average molecular weight is 480 g/mol. The maximum atomic E-state index is 13.6. The molecule has 0 aromatic heterocycles. The number of alkyl carbamates (subject to hydrolysis) is 1. The summed E-state index contributed by atoms with van der Waals surface area (Å²) in [6, 6.07) is 3.96. The Labute approximate surface area is 204 Å². The molecule has 0 spiro atoms. The Morgan fingerprint density at radius 2 is 1.76 bits per heavy atom. The average Bonchev–Trinajstić information content (AvgIpc) is 2.70. The molecule has 0 radical (unpaired) electrons. The van der Waals surface area contributed by atoms with Gasteiger partial charge in [0.1, 0.15) is 17.7 Å². The van der Waals surface area contributed by atoms with Crippen LogP contribution in [-0.2, 0) is 14.3 Å². The zero-order chi connectivity index (χ0) is 25.3. The van der Waals surface area contributed by atoms with Crippen LogP contribution in [0, 0.1) is 13.8 Å². The Bertz CT molecular complexity index is 822. The molecular weight excluding hydrogens is 438 g/mol. The molecule has 0 aliphatic heterocycles. The van der Waals surface area contributed by atoms with Crippen molar-refractivity contribution in [3.05, 3.63) is 34.9 Å². The highest BCUT2D eigenvalue weighted by Crippen LogP contribution is 2.27. The van der Waals surface area contributed by atoms with Crippen LogP contribution in [-0.4, -0.2) is 52.8 Å². The van der Waals surface area contributed by atoms with Crippen LogP contribution in [0.25, 0.3) is 0 Å². The minimum Gasteiger partial charge on any atom is -0.444 e. The molecule has 0 bridgehead atoms. The first-order valence-corrected chi connectivity index (χ1v) is 12.3. The number of hydrogen-bond donors (Lipinski definition) is 3. The number of ether oxygens (including phenoxy) is 1. The Hall–Kier alpha value is -2.22. The lowest BCUT2D eigenvalue weighted by molar-refractivity contribution is -0.142. The highest BCUT2D eigenvalue weighted by atomic mass is 32.1. The quantitative estimate of drug-likeness (QED) is 0.436. The number of thiol groups is 1. The topological polar surface area (TPSA) is 87.7 Å². The van der Waals surface area contributed by atoms with Gasteiger partial charge >= 0.3 is 6.09 Å².